The Bertz CT molecular complexity index is 709. The van der Waals surface area contributed by atoms with Crippen LogP contribution in [0, 0.1) is 5.92 Å². The van der Waals surface area contributed by atoms with Crippen molar-refractivity contribution in [1.82, 2.24) is 15.1 Å². The third-order valence-electron chi connectivity index (χ3n) is 5.56. The van der Waals surface area contributed by atoms with E-state index < -0.39 is 0 Å². The summed E-state index contributed by atoms with van der Waals surface area (Å²) in [4.78, 5) is 40.6. The molecule has 3 atom stereocenters. The van der Waals surface area contributed by atoms with E-state index in [4.69, 9.17) is 4.74 Å². The van der Waals surface area contributed by atoms with Crippen LogP contribution < -0.4 is 5.32 Å². The average molecular weight is 387 g/mol. The number of benzene rings is 1. The highest BCUT2D eigenvalue weighted by molar-refractivity contribution is 5.82. The molecule has 3 rings (SSSR count). The average Bonchev–Trinajstić information content (AvgIpc) is 3.08. The molecule has 0 radical (unpaired) electrons. The van der Waals surface area contributed by atoms with Gasteiger partial charge in [-0.1, -0.05) is 30.3 Å². The van der Waals surface area contributed by atoms with Crippen LogP contribution >= 0.6 is 0 Å². The molecule has 2 saturated heterocycles. The van der Waals surface area contributed by atoms with Gasteiger partial charge in [-0.2, -0.15) is 0 Å². The molecule has 7 nitrogen and oxygen atoms in total. The summed E-state index contributed by atoms with van der Waals surface area (Å²) >= 11 is 0. The molecule has 28 heavy (non-hydrogen) atoms. The number of piperidine rings is 1. The van der Waals surface area contributed by atoms with Crippen LogP contribution in [0.2, 0.25) is 0 Å². The fourth-order valence-corrected chi connectivity index (χ4v) is 3.99. The van der Waals surface area contributed by atoms with Gasteiger partial charge in [-0.05, 0) is 32.3 Å². The molecule has 0 bridgehead atoms. The van der Waals surface area contributed by atoms with E-state index in [1.54, 1.807) is 11.8 Å². The lowest BCUT2D eigenvalue weighted by Crippen LogP contribution is -2.50. The second kappa shape index (κ2) is 9.08. The van der Waals surface area contributed by atoms with Crippen LogP contribution in [0.4, 0.5) is 4.79 Å². The first-order valence-electron chi connectivity index (χ1n) is 10.1. The smallest absolute Gasteiger partial charge is 0.317 e. The lowest BCUT2D eigenvalue weighted by Gasteiger charge is -2.32. The van der Waals surface area contributed by atoms with Gasteiger partial charge in [-0.25, -0.2) is 4.79 Å². The van der Waals surface area contributed by atoms with Gasteiger partial charge in [0.05, 0.1) is 24.6 Å². The SMILES string of the molecule is CCOC(=O)C1CCCN(C(=O)NC2CC(=O)N(C(C)c3ccccc3)C2)C1. The minimum Gasteiger partial charge on any atom is -0.466 e. The van der Waals surface area contributed by atoms with Crippen LogP contribution in [0.5, 0.6) is 0 Å². The Morgan fingerprint density at radius 1 is 1.25 bits per heavy atom. The molecule has 2 fully saturated rings. The number of amides is 3. The molecule has 1 aromatic rings. The van der Waals surface area contributed by atoms with Crippen molar-refractivity contribution in [1.29, 1.82) is 0 Å². The van der Waals surface area contributed by atoms with Crippen LogP contribution in [-0.4, -0.2) is 60.0 Å². The molecule has 1 N–H and O–H groups in total. The number of esters is 1. The number of nitrogens with one attached hydrogen (secondary N) is 1. The number of nitrogens with zero attached hydrogens (tertiary/aromatic N) is 2. The second-order valence-corrected chi connectivity index (χ2v) is 7.52. The highest BCUT2D eigenvalue weighted by Gasteiger charge is 2.36. The van der Waals surface area contributed by atoms with Crippen molar-refractivity contribution in [3.8, 4) is 0 Å². The standard InChI is InChI=1S/C21H29N3O4/c1-3-28-20(26)17-10-7-11-23(13-17)21(27)22-18-12-19(25)24(14-18)15(2)16-8-5-4-6-9-16/h4-6,8-9,15,17-18H,3,7,10-14H2,1-2H3,(H,22,27). The molecule has 2 heterocycles. The molecule has 3 amide bonds. The van der Waals surface area contributed by atoms with Crippen molar-refractivity contribution in [2.24, 2.45) is 5.92 Å². The summed E-state index contributed by atoms with van der Waals surface area (Å²) in [6.07, 6.45) is 1.82. The second-order valence-electron chi connectivity index (χ2n) is 7.52. The van der Waals surface area contributed by atoms with Crippen molar-refractivity contribution in [3.05, 3.63) is 35.9 Å². The van der Waals surface area contributed by atoms with Gasteiger partial charge in [-0.15, -0.1) is 0 Å². The van der Waals surface area contributed by atoms with E-state index in [1.165, 1.54) is 0 Å². The molecule has 0 aromatic heterocycles. The third-order valence-corrected chi connectivity index (χ3v) is 5.56. The van der Waals surface area contributed by atoms with Crippen molar-refractivity contribution >= 4 is 17.9 Å². The lowest BCUT2D eigenvalue weighted by atomic mass is 9.98. The molecule has 152 valence electrons. The van der Waals surface area contributed by atoms with Crippen LogP contribution in [0.15, 0.2) is 30.3 Å². The Labute approximate surface area is 166 Å². The summed E-state index contributed by atoms with van der Waals surface area (Å²) in [6, 6.07) is 9.44. The van der Waals surface area contributed by atoms with E-state index in [1.807, 2.05) is 42.2 Å². The fourth-order valence-electron chi connectivity index (χ4n) is 3.99. The highest BCUT2D eigenvalue weighted by atomic mass is 16.5. The number of carbonyl (C=O) groups is 3. The molecule has 2 aliphatic heterocycles. The van der Waals surface area contributed by atoms with Gasteiger partial charge in [0.15, 0.2) is 0 Å². The van der Waals surface area contributed by atoms with Crippen molar-refractivity contribution < 1.29 is 19.1 Å². The van der Waals surface area contributed by atoms with Crippen LogP contribution in [0.25, 0.3) is 0 Å². The minimum absolute atomic E-state index is 0.0289. The maximum Gasteiger partial charge on any atom is 0.317 e. The van der Waals surface area contributed by atoms with Crippen molar-refractivity contribution in [3.63, 3.8) is 0 Å². The minimum atomic E-state index is -0.265. The Hall–Kier alpha value is -2.57. The van der Waals surface area contributed by atoms with Gasteiger partial charge in [0, 0.05) is 26.1 Å². The highest BCUT2D eigenvalue weighted by Crippen LogP contribution is 2.26. The summed E-state index contributed by atoms with van der Waals surface area (Å²) in [5.41, 5.74) is 1.08. The summed E-state index contributed by atoms with van der Waals surface area (Å²) in [5, 5.41) is 2.98. The van der Waals surface area contributed by atoms with Gasteiger partial charge < -0.3 is 19.9 Å². The van der Waals surface area contributed by atoms with E-state index in [-0.39, 0.29) is 35.9 Å². The first-order chi connectivity index (χ1) is 13.5. The number of hydrogen-bond acceptors (Lipinski definition) is 4. The Kier molecular flexibility index (Phi) is 6.54. The summed E-state index contributed by atoms with van der Waals surface area (Å²) < 4.78 is 5.09. The summed E-state index contributed by atoms with van der Waals surface area (Å²) in [7, 11) is 0. The quantitative estimate of drug-likeness (QED) is 0.787. The molecular weight excluding hydrogens is 358 g/mol. The molecule has 0 saturated carbocycles. The molecule has 3 unspecified atom stereocenters. The van der Waals surface area contributed by atoms with E-state index in [0.29, 0.717) is 32.7 Å². The van der Waals surface area contributed by atoms with E-state index in [9.17, 15) is 14.4 Å². The number of ether oxygens (including phenoxy) is 1. The Morgan fingerprint density at radius 2 is 2.00 bits per heavy atom. The van der Waals surface area contributed by atoms with Crippen molar-refractivity contribution in [2.45, 2.75) is 45.2 Å². The maximum atomic E-state index is 12.7. The van der Waals surface area contributed by atoms with Crippen LogP contribution in [0.3, 0.4) is 0 Å². The zero-order chi connectivity index (χ0) is 20.1. The largest absolute Gasteiger partial charge is 0.466 e. The first kappa shape index (κ1) is 20.2. The normalized spacial score (nSPS) is 23.4. The van der Waals surface area contributed by atoms with Gasteiger partial charge in [0.2, 0.25) is 5.91 Å². The molecule has 1 aromatic carbocycles. The topological polar surface area (TPSA) is 79.0 Å². The number of carbonyl (C=O) groups excluding carboxylic acids is 3. The molecule has 7 heteroatoms. The molecule has 0 aliphatic carbocycles. The van der Waals surface area contributed by atoms with Crippen molar-refractivity contribution in [2.75, 3.05) is 26.2 Å². The summed E-state index contributed by atoms with van der Waals surface area (Å²) in [6.45, 7) is 5.62. The Morgan fingerprint density at radius 3 is 2.71 bits per heavy atom. The summed E-state index contributed by atoms with van der Waals surface area (Å²) in [5.74, 6) is -0.456. The zero-order valence-corrected chi connectivity index (χ0v) is 16.6. The van der Waals surface area contributed by atoms with Gasteiger partial charge in [-0.3, -0.25) is 9.59 Å². The monoisotopic (exact) mass is 387 g/mol. The number of hydrogen-bond donors (Lipinski definition) is 1. The Balaban J connectivity index is 1.55. The van der Waals surface area contributed by atoms with E-state index >= 15 is 0 Å². The van der Waals surface area contributed by atoms with Crippen LogP contribution in [0.1, 0.15) is 44.7 Å². The van der Waals surface area contributed by atoms with Gasteiger partial charge >= 0.3 is 12.0 Å². The van der Waals surface area contributed by atoms with E-state index in [0.717, 1.165) is 18.4 Å². The lowest BCUT2D eigenvalue weighted by molar-refractivity contribution is -0.149. The fraction of sp³-hybridized carbons (Fsp3) is 0.571. The molecule has 2 aliphatic rings. The zero-order valence-electron chi connectivity index (χ0n) is 16.6. The number of likely N-dealkylation sites (tertiary alicyclic amines) is 2. The number of urea groups is 1. The van der Waals surface area contributed by atoms with E-state index in [2.05, 4.69) is 5.32 Å². The third kappa shape index (κ3) is 4.64. The van der Waals surface area contributed by atoms with Gasteiger partial charge in [0.25, 0.3) is 0 Å². The predicted molar refractivity (Wildman–Crippen MR) is 104 cm³/mol. The predicted octanol–water partition coefficient (Wildman–Crippen LogP) is 2.33. The van der Waals surface area contributed by atoms with Crippen LogP contribution in [-0.2, 0) is 14.3 Å². The number of rotatable bonds is 5. The maximum absolute atomic E-state index is 12.7. The molecule has 0 spiro atoms. The first-order valence-corrected chi connectivity index (χ1v) is 10.1. The molecular formula is C21H29N3O4. The van der Waals surface area contributed by atoms with Gasteiger partial charge in [0.1, 0.15) is 0 Å².